The molecule has 12 atom stereocenters. The van der Waals surface area contributed by atoms with E-state index in [9.17, 15) is 20.4 Å². The predicted molar refractivity (Wildman–Crippen MR) is 137 cm³/mol. The van der Waals surface area contributed by atoms with Crippen LogP contribution in [-0.2, 0) is 4.74 Å². The molecule has 1 saturated heterocycles. The zero-order valence-corrected chi connectivity index (χ0v) is 23.5. The first-order valence-electron chi connectivity index (χ1n) is 14.4. The molecule has 1 aliphatic heterocycles. The Hall–Kier alpha value is -0.200. The highest BCUT2D eigenvalue weighted by Gasteiger charge is 2.73. The lowest BCUT2D eigenvalue weighted by molar-refractivity contribution is -0.275. The van der Waals surface area contributed by atoms with Crippen LogP contribution < -0.4 is 0 Å². The molecule has 202 valence electrons. The number of ether oxygens (including phenoxy) is 1. The normalized spacial score (nSPS) is 57.9. The molecule has 0 aromatic carbocycles. The maximum Gasteiger partial charge on any atom is 0.0865 e. The van der Waals surface area contributed by atoms with Crippen molar-refractivity contribution in [2.75, 3.05) is 0 Å². The second kappa shape index (κ2) is 7.68. The van der Waals surface area contributed by atoms with Gasteiger partial charge in [-0.2, -0.15) is 0 Å². The first-order valence-corrected chi connectivity index (χ1v) is 14.4. The smallest absolute Gasteiger partial charge is 0.0865 e. The van der Waals surface area contributed by atoms with Gasteiger partial charge in [0.2, 0.25) is 0 Å². The van der Waals surface area contributed by atoms with E-state index in [2.05, 4.69) is 41.5 Å². The van der Waals surface area contributed by atoms with Crippen LogP contribution in [-0.4, -0.2) is 56.0 Å². The molecule has 5 rings (SSSR count). The highest BCUT2D eigenvalue weighted by molar-refractivity contribution is 5.22. The maximum atomic E-state index is 11.9. The van der Waals surface area contributed by atoms with Gasteiger partial charge < -0.3 is 25.2 Å². The SMILES string of the molecule is CC(C)(O)[C@H]1CC[C@@](C)([C@H]2CCC3(C)[C@@H]2[C@H](O)C[C@@H]2[C@@]4(C)CC[C@H](O)C(C)(C)[C@@H]4[C@@H](O)C[C@]23C)O1. The second-order valence-electron chi connectivity index (χ2n) is 15.6. The van der Waals surface area contributed by atoms with Crippen molar-refractivity contribution in [3.8, 4) is 0 Å². The zero-order chi connectivity index (χ0) is 26.0. The fourth-order valence-corrected chi connectivity index (χ4v) is 11.3. The molecule has 0 amide bonds. The molecule has 4 aliphatic carbocycles. The Morgan fingerprint density at radius 2 is 1.46 bits per heavy atom. The summed E-state index contributed by atoms with van der Waals surface area (Å²) in [7, 11) is 0. The number of hydrogen-bond donors (Lipinski definition) is 4. The minimum atomic E-state index is -0.864. The summed E-state index contributed by atoms with van der Waals surface area (Å²) in [5.74, 6) is 0.722. The number of aliphatic hydroxyl groups excluding tert-OH is 3. The van der Waals surface area contributed by atoms with Gasteiger partial charge in [0.05, 0.1) is 35.6 Å². The zero-order valence-electron chi connectivity index (χ0n) is 23.5. The van der Waals surface area contributed by atoms with Gasteiger partial charge in [0.15, 0.2) is 0 Å². The molecule has 35 heavy (non-hydrogen) atoms. The van der Waals surface area contributed by atoms with E-state index in [1.807, 2.05) is 13.8 Å². The average molecular weight is 493 g/mol. The van der Waals surface area contributed by atoms with E-state index in [1.165, 1.54) is 0 Å². The lowest BCUT2D eigenvalue weighted by atomic mass is 9.34. The van der Waals surface area contributed by atoms with E-state index >= 15 is 0 Å². The molecular formula is C30H52O5. The summed E-state index contributed by atoms with van der Waals surface area (Å²) >= 11 is 0. The summed E-state index contributed by atoms with van der Waals surface area (Å²) in [6.45, 7) is 17.3. The molecule has 1 unspecified atom stereocenters. The van der Waals surface area contributed by atoms with Crippen LogP contribution in [0.2, 0.25) is 0 Å². The largest absolute Gasteiger partial charge is 0.393 e. The average Bonchev–Trinajstić information content (AvgIpc) is 3.30. The van der Waals surface area contributed by atoms with Crippen molar-refractivity contribution < 1.29 is 25.2 Å². The minimum Gasteiger partial charge on any atom is -0.393 e. The molecule has 0 aromatic heterocycles. The minimum absolute atomic E-state index is 0.0320. The van der Waals surface area contributed by atoms with Crippen molar-refractivity contribution in [2.45, 2.75) is 142 Å². The number of fused-ring (bicyclic) bond motifs is 5. The third-order valence-corrected chi connectivity index (χ3v) is 13.1. The summed E-state index contributed by atoms with van der Waals surface area (Å²) in [5.41, 5.74) is -1.83. The van der Waals surface area contributed by atoms with Crippen LogP contribution in [0.5, 0.6) is 0 Å². The van der Waals surface area contributed by atoms with Crippen LogP contribution in [0.15, 0.2) is 0 Å². The van der Waals surface area contributed by atoms with Gasteiger partial charge in [-0.25, -0.2) is 0 Å². The highest BCUT2D eigenvalue weighted by Crippen LogP contribution is 2.76. The topological polar surface area (TPSA) is 90.2 Å². The van der Waals surface area contributed by atoms with Gasteiger partial charge in [-0.15, -0.1) is 0 Å². The van der Waals surface area contributed by atoms with E-state index in [0.29, 0.717) is 5.92 Å². The Morgan fingerprint density at radius 1 is 0.800 bits per heavy atom. The van der Waals surface area contributed by atoms with Crippen molar-refractivity contribution >= 4 is 0 Å². The lowest BCUT2D eigenvalue weighted by Crippen LogP contribution is -2.69. The number of hydrogen-bond acceptors (Lipinski definition) is 5. The summed E-state index contributed by atoms with van der Waals surface area (Å²) < 4.78 is 6.64. The fraction of sp³-hybridized carbons (Fsp3) is 1.00. The first kappa shape index (κ1) is 26.4. The lowest BCUT2D eigenvalue weighted by Gasteiger charge is -2.71. The van der Waals surface area contributed by atoms with Crippen molar-refractivity contribution in [2.24, 2.45) is 45.3 Å². The summed E-state index contributed by atoms with van der Waals surface area (Å²) in [6, 6.07) is 0. The van der Waals surface area contributed by atoms with Crippen LogP contribution >= 0.6 is 0 Å². The third-order valence-electron chi connectivity index (χ3n) is 13.1. The highest BCUT2D eigenvalue weighted by atomic mass is 16.5. The monoisotopic (exact) mass is 492 g/mol. The van der Waals surface area contributed by atoms with Crippen molar-refractivity contribution in [3.63, 3.8) is 0 Å². The molecule has 4 N–H and O–H groups in total. The van der Waals surface area contributed by atoms with Crippen LogP contribution in [0.3, 0.4) is 0 Å². The summed E-state index contributed by atoms with van der Waals surface area (Å²) in [6.07, 6.45) is 5.61. The third kappa shape index (κ3) is 3.36. The van der Waals surface area contributed by atoms with Crippen LogP contribution in [0, 0.1) is 45.3 Å². The summed E-state index contributed by atoms with van der Waals surface area (Å²) in [4.78, 5) is 0. The molecular weight excluding hydrogens is 440 g/mol. The molecule has 5 aliphatic rings. The van der Waals surface area contributed by atoms with E-state index in [4.69, 9.17) is 4.74 Å². The predicted octanol–water partition coefficient (Wildman–Crippen LogP) is 4.68. The van der Waals surface area contributed by atoms with Crippen molar-refractivity contribution in [1.82, 2.24) is 0 Å². The van der Waals surface area contributed by atoms with Gasteiger partial charge in [0.25, 0.3) is 0 Å². The molecule has 0 aromatic rings. The molecule has 0 spiro atoms. The quantitative estimate of drug-likeness (QED) is 0.449. The number of aliphatic hydroxyl groups is 4. The molecule has 5 nitrogen and oxygen atoms in total. The Kier molecular flexibility index (Phi) is 5.80. The van der Waals surface area contributed by atoms with Crippen LogP contribution in [0.4, 0.5) is 0 Å². The first-order chi connectivity index (χ1) is 15.9. The Balaban J connectivity index is 1.51. The Bertz CT molecular complexity index is 850. The van der Waals surface area contributed by atoms with Crippen molar-refractivity contribution in [3.05, 3.63) is 0 Å². The summed E-state index contributed by atoms with van der Waals surface area (Å²) in [5, 5.41) is 45.2. The van der Waals surface area contributed by atoms with Gasteiger partial charge in [0.1, 0.15) is 0 Å². The molecule has 4 saturated carbocycles. The van der Waals surface area contributed by atoms with Crippen LogP contribution in [0.25, 0.3) is 0 Å². The van der Waals surface area contributed by atoms with Gasteiger partial charge >= 0.3 is 0 Å². The van der Waals surface area contributed by atoms with Crippen LogP contribution in [0.1, 0.15) is 107 Å². The van der Waals surface area contributed by atoms with E-state index in [1.54, 1.807) is 0 Å². The molecule has 0 radical (unpaired) electrons. The Labute approximate surface area is 213 Å². The molecule has 1 heterocycles. The van der Waals surface area contributed by atoms with Crippen molar-refractivity contribution in [1.29, 1.82) is 0 Å². The van der Waals surface area contributed by atoms with E-state index < -0.39 is 23.9 Å². The standard InChI is InChI=1S/C30H52O5/c1-25(2)21(33)10-12-27(5)20-15-18(31)23-17(30(8)14-11-22(35-30)26(3,4)34)9-13-28(23,6)29(20,7)16-19(32)24(25)27/h17-24,31-34H,9-16H2,1-8H3/t17-,18+,19-,20+,21-,22+,23-,24-,27+,28?,29+,30-/m0/s1. The van der Waals surface area contributed by atoms with E-state index in [0.717, 1.165) is 51.4 Å². The maximum absolute atomic E-state index is 11.9. The molecule has 5 fully saturated rings. The number of rotatable bonds is 2. The molecule has 0 bridgehead atoms. The van der Waals surface area contributed by atoms with Gasteiger partial charge in [-0.1, -0.05) is 34.6 Å². The van der Waals surface area contributed by atoms with E-state index in [-0.39, 0.29) is 51.1 Å². The van der Waals surface area contributed by atoms with Gasteiger partial charge in [-0.05, 0) is 117 Å². The second-order valence-corrected chi connectivity index (χ2v) is 15.6. The van der Waals surface area contributed by atoms with Gasteiger partial charge in [0, 0.05) is 0 Å². The Morgan fingerprint density at radius 3 is 2.06 bits per heavy atom. The molecule has 5 heteroatoms. The van der Waals surface area contributed by atoms with Gasteiger partial charge in [-0.3, -0.25) is 0 Å². The fourth-order valence-electron chi connectivity index (χ4n) is 11.3.